The fourth-order valence-electron chi connectivity index (χ4n) is 5.33. The Bertz CT molecular complexity index is 556. The van der Waals surface area contributed by atoms with Crippen LogP contribution in [0.1, 0.15) is 146 Å². The van der Waals surface area contributed by atoms with Crippen molar-refractivity contribution in [3.8, 4) is 5.75 Å². The molecule has 0 heterocycles. The van der Waals surface area contributed by atoms with Gasteiger partial charge in [0.05, 0.1) is 6.61 Å². The molecule has 0 unspecified atom stereocenters. The molecule has 1 fully saturated rings. The Kier molecular flexibility index (Phi) is 14.1. The second kappa shape index (κ2) is 16.6. The van der Waals surface area contributed by atoms with E-state index in [0.717, 1.165) is 24.2 Å². The predicted molar refractivity (Wildman–Crippen MR) is 137 cm³/mol. The van der Waals surface area contributed by atoms with Crippen LogP contribution in [0.2, 0.25) is 0 Å². The quantitative estimate of drug-likeness (QED) is 0.224. The lowest BCUT2D eigenvalue weighted by atomic mass is 9.77. The molecule has 0 aliphatic heterocycles. The first-order valence-electron chi connectivity index (χ1n) is 14.0. The lowest BCUT2D eigenvalue weighted by molar-refractivity contribution is 0.298. The van der Waals surface area contributed by atoms with Gasteiger partial charge in [-0.15, -0.1) is 0 Å². The number of benzene rings is 1. The van der Waals surface area contributed by atoms with E-state index in [2.05, 4.69) is 39.0 Å². The summed E-state index contributed by atoms with van der Waals surface area (Å²) < 4.78 is 6.09. The van der Waals surface area contributed by atoms with Crippen molar-refractivity contribution in [3.05, 3.63) is 29.3 Å². The van der Waals surface area contributed by atoms with Crippen LogP contribution in [0.4, 0.5) is 0 Å². The van der Waals surface area contributed by atoms with Gasteiger partial charge in [-0.05, 0) is 68.1 Å². The molecule has 178 valence electrons. The van der Waals surface area contributed by atoms with Crippen molar-refractivity contribution >= 4 is 0 Å². The molecule has 1 heteroatoms. The highest BCUT2D eigenvalue weighted by atomic mass is 16.5. The van der Waals surface area contributed by atoms with Crippen molar-refractivity contribution in [3.63, 3.8) is 0 Å². The highest BCUT2D eigenvalue weighted by Crippen LogP contribution is 2.38. The maximum absolute atomic E-state index is 6.09. The minimum atomic E-state index is 0.775. The molecule has 2 rings (SSSR count). The van der Waals surface area contributed by atoms with Crippen LogP contribution >= 0.6 is 0 Å². The smallest absolute Gasteiger partial charge is 0.122 e. The normalized spacial score (nSPS) is 18.9. The average Bonchev–Trinajstić information content (AvgIpc) is 2.79. The highest BCUT2D eigenvalue weighted by molar-refractivity contribution is 5.37. The van der Waals surface area contributed by atoms with Crippen molar-refractivity contribution in [2.45, 2.75) is 142 Å². The third-order valence-electron chi connectivity index (χ3n) is 7.49. The number of hydrogen-bond donors (Lipinski definition) is 0. The largest absolute Gasteiger partial charge is 0.493 e. The molecule has 1 aromatic rings. The molecule has 0 atom stereocenters. The van der Waals surface area contributed by atoms with Crippen molar-refractivity contribution in [1.29, 1.82) is 0 Å². The van der Waals surface area contributed by atoms with Gasteiger partial charge in [0.1, 0.15) is 5.75 Å². The Hall–Kier alpha value is -0.980. The highest BCUT2D eigenvalue weighted by Gasteiger charge is 2.22. The molecule has 0 N–H and O–H groups in total. The van der Waals surface area contributed by atoms with E-state index in [4.69, 9.17) is 4.74 Å². The molecule has 0 bridgehead atoms. The van der Waals surface area contributed by atoms with Gasteiger partial charge < -0.3 is 4.74 Å². The maximum Gasteiger partial charge on any atom is 0.122 e. The van der Waals surface area contributed by atoms with Crippen LogP contribution in [0.25, 0.3) is 0 Å². The first kappa shape index (κ1) is 26.3. The summed E-state index contributed by atoms with van der Waals surface area (Å²) in [7, 11) is 0. The first-order valence-corrected chi connectivity index (χ1v) is 14.0. The summed E-state index contributed by atoms with van der Waals surface area (Å²) in [6.45, 7) is 7.68. The third-order valence-corrected chi connectivity index (χ3v) is 7.49. The Morgan fingerprint density at radius 2 is 1.29 bits per heavy atom. The monoisotopic (exact) mass is 428 g/mol. The molecule has 0 amide bonds. The number of hydrogen-bond acceptors (Lipinski definition) is 1. The summed E-state index contributed by atoms with van der Waals surface area (Å²) in [6.07, 6.45) is 25.1. The summed E-state index contributed by atoms with van der Waals surface area (Å²) in [5, 5.41) is 0. The Morgan fingerprint density at radius 3 is 1.90 bits per heavy atom. The van der Waals surface area contributed by atoms with Crippen LogP contribution in [0.15, 0.2) is 18.2 Å². The number of rotatable bonds is 17. The molecular weight excluding hydrogens is 376 g/mol. The minimum Gasteiger partial charge on any atom is -0.493 e. The van der Waals surface area contributed by atoms with Gasteiger partial charge in [0.15, 0.2) is 0 Å². The van der Waals surface area contributed by atoms with Crippen molar-refractivity contribution in [1.82, 2.24) is 0 Å². The van der Waals surface area contributed by atoms with Crippen LogP contribution in [0.3, 0.4) is 0 Å². The van der Waals surface area contributed by atoms with Gasteiger partial charge in [-0.25, -0.2) is 0 Å². The first-order chi connectivity index (χ1) is 15.2. The van der Waals surface area contributed by atoms with E-state index in [1.54, 1.807) is 5.56 Å². The van der Waals surface area contributed by atoms with Crippen LogP contribution in [0, 0.1) is 12.8 Å². The molecular formula is C30H52O. The summed E-state index contributed by atoms with van der Waals surface area (Å²) in [6, 6.07) is 7.01. The maximum atomic E-state index is 6.09. The zero-order valence-electron chi connectivity index (χ0n) is 21.2. The number of unbranched alkanes of at least 4 members (excludes halogenated alkanes) is 11. The molecule has 1 aliphatic carbocycles. The SMILES string of the molecule is CCCCCCCCCC1CCC(c2ccc(OCCCCCCCC)c(C)c2)CC1. The molecule has 1 aromatic carbocycles. The van der Waals surface area contributed by atoms with Crippen LogP contribution in [-0.2, 0) is 0 Å². The van der Waals surface area contributed by atoms with E-state index in [1.165, 1.54) is 121 Å². The summed E-state index contributed by atoms with van der Waals surface area (Å²) in [4.78, 5) is 0. The number of aryl methyl sites for hydroxylation is 1. The van der Waals surface area contributed by atoms with E-state index < -0.39 is 0 Å². The topological polar surface area (TPSA) is 9.23 Å². The van der Waals surface area contributed by atoms with Gasteiger partial charge in [-0.2, -0.15) is 0 Å². The lowest BCUT2D eigenvalue weighted by Gasteiger charge is -2.29. The van der Waals surface area contributed by atoms with Crippen molar-refractivity contribution < 1.29 is 4.74 Å². The zero-order chi connectivity index (χ0) is 22.2. The van der Waals surface area contributed by atoms with E-state index in [9.17, 15) is 0 Å². The second-order valence-corrected chi connectivity index (χ2v) is 10.3. The van der Waals surface area contributed by atoms with E-state index in [0.29, 0.717) is 0 Å². The molecule has 1 nitrogen and oxygen atoms in total. The lowest BCUT2D eigenvalue weighted by Crippen LogP contribution is -2.13. The average molecular weight is 429 g/mol. The number of ether oxygens (including phenoxy) is 1. The van der Waals surface area contributed by atoms with Gasteiger partial charge in [-0.1, -0.05) is 109 Å². The minimum absolute atomic E-state index is 0.775. The van der Waals surface area contributed by atoms with Gasteiger partial charge in [0, 0.05) is 0 Å². The Morgan fingerprint density at radius 1 is 0.710 bits per heavy atom. The van der Waals surface area contributed by atoms with E-state index in [-0.39, 0.29) is 0 Å². The molecule has 0 spiro atoms. The molecule has 0 saturated heterocycles. The van der Waals surface area contributed by atoms with E-state index >= 15 is 0 Å². The van der Waals surface area contributed by atoms with Gasteiger partial charge in [0.25, 0.3) is 0 Å². The van der Waals surface area contributed by atoms with Gasteiger partial charge in [-0.3, -0.25) is 0 Å². The van der Waals surface area contributed by atoms with Crippen LogP contribution in [-0.4, -0.2) is 6.61 Å². The Balaban J connectivity index is 1.60. The fraction of sp³-hybridized carbons (Fsp3) is 0.800. The summed E-state index contributed by atoms with van der Waals surface area (Å²) >= 11 is 0. The summed E-state index contributed by atoms with van der Waals surface area (Å²) in [5.74, 6) is 2.87. The molecule has 0 radical (unpaired) electrons. The Labute approximate surface area is 194 Å². The van der Waals surface area contributed by atoms with Crippen LogP contribution < -0.4 is 4.74 Å². The van der Waals surface area contributed by atoms with Crippen molar-refractivity contribution in [2.24, 2.45) is 5.92 Å². The van der Waals surface area contributed by atoms with Gasteiger partial charge >= 0.3 is 0 Å². The fourth-order valence-corrected chi connectivity index (χ4v) is 5.33. The third kappa shape index (κ3) is 10.9. The second-order valence-electron chi connectivity index (χ2n) is 10.3. The molecule has 1 saturated carbocycles. The predicted octanol–water partition coefficient (Wildman–Crippen LogP) is 10.1. The molecule has 31 heavy (non-hydrogen) atoms. The van der Waals surface area contributed by atoms with Gasteiger partial charge in [0.2, 0.25) is 0 Å². The summed E-state index contributed by atoms with van der Waals surface area (Å²) in [5.41, 5.74) is 2.88. The van der Waals surface area contributed by atoms with Crippen LogP contribution in [0.5, 0.6) is 5.75 Å². The molecule has 0 aromatic heterocycles. The zero-order valence-corrected chi connectivity index (χ0v) is 21.2. The van der Waals surface area contributed by atoms with Crippen molar-refractivity contribution in [2.75, 3.05) is 6.61 Å². The molecule has 1 aliphatic rings. The van der Waals surface area contributed by atoms with E-state index in [1.807, 2.05) is 0 Å². The standard InChI is InChI=1S/C30H52O/c1-4-6-8-10-12-13-15-17-27-18-20-28(21-19-27)29-22-23-30(26(3)25-29)31-24-16-14-11-9-7-5-2/h22-23,25,27-28H,4-21,24H2,1-3H3.